The van der Waals surface area contributed by atoms with Crippen LogP contribution in [0.3, 0.4) is 0 Å². The Morgan fingerprint density at radius 1 is 1.39 bits per heavy atom. The number of nitrogens with zero attached hydrogens (tertiary/aromatic N) is 2. The van der Waals surface area contributed by atoms with E-state index in [1.807, 2.05) is 0 Å². The Bertz CT molecular complexity index is 595. The minimum atomic E-state index is -0.609. The van der Waals surface area contributed by atoms with E-state index in [9.17, 15) is 10.1 Å². The van der Waals surface area contributed by atoms with E-state index in [2.05, 4.69) is 10.5 Å². The first-order chi connectivity index (χ1) is 8.65. The summed E-state index contributed by atoms with van der Waals surface area (Å²) in [5.41, 5.74) is 3.44. The van der Waals surface area contributed by atoms with Gasteiger partial charge in [0.15, 0.2) is 5.76 Å². The summed E-state index contributed by atoms with van der Waals surface area (Å²) in [6.07, 6.45) is 1.34. The van der Waals surface area contributed by atoms with E-state index >= 15 is 0 Å². The summed E-state index contributed by atoms with van der Waals surface area (Å²) in [6.45, 7) is 0. The van der Waals surface area contributed by atoms with Gasteiger partial charge >= 0.3 is 5.88 Å². The predicted molar refractivity (Wildman–Crippen MR) is 68.0 cm³/mol. The lowest BCUT2D eigenvalue weighted by atomic mass is 10.3. The van der Waals surface area contributed by atoms with Crippen molar-refractivity contribution in [2.24, 2.45) is 5.10 Å². The van der Waals surface area contributed by atoms with Gasteiger partial charge in [-0.1, -0.05) is 17.7 Å². The van der Waals surface area contributed by atoms with E-state index < -0.39 is 4.92 Å². The topological polar surface area (TPSA) is 80.7 Å². The van der Waals surface area contributed by atoms with Crippen LogP contribution in [-0.4, -0.2) is 11.1 Å². The summed E-state index contributed by atoms with van der Waals surface area (Å²) in [6, 6.07) is 9.73. The summed E-state index contributed by atoms with van der Waals surface area (Å²) in [7, 11) is 0. The second-order valence-electron chi connectivity index (χ2n) is 3.31. The van der Waals surface area contributed by atoms with Crippen LogP contribution in [0.5, 0.6) is 0 Å². The summed E-state index contributed by atoms with van der Waals surface area (Å²) >= 11 is 5.79. The molecular formula is C11H8ClN3O3. The van der Waals surface area contributed by atoms with Gasteiger partial charge in [0.05, 0.1) is 18.0 Å². The zero-order valence-electron chi connectivity index (χ0n) is 9.04. The zero-order chi connectivity index (χ0) is 13.0. The van der Waals surface area contributed by atoms with Crippen molar-refractivity contribution in [3.05, 3.63) is 57.3 Å². The molecule has 1 aromatic carbocycles. The van der Waals surface area contributed by atoms with Crippen LogP contribution in [0.1, 0.15) is 5.76 Å². The number of rotatable bonds is 4. The van der Waals surface area contributed by atoms with Crippen LogP contribution in [-0.2, 0) is 0 Å². The third-order valence-corrected chi connectivity index (χ3v) is 2.24. The molecule has 0 radical (unpaired) electrons. The maximum Gasteiger partial charge on any atom is 0.433 e. The number of hydrogen-bond acceptors (Lipinski definition) is 5. The Hall–Kier alpha value is -2.34. The lowest BCUT2D eigenvalue weighted by Gasteiger charge is -1.98. The van der Waals surface area contributed by atoms with Crippen LogP contribution in [0, 0.1) is 10.1 Å². The second-order valence-corrected chi connectivity index (χ2v) is 3.75. The molecule has 18 heavy (non-hydrogen) atoms. The van der Waals surface area contributed by atoms with Gasteiger partial charge in [-0.15, -0.1) is 0 Å². The molecule has 0 atom stereocenters. The highest BCUT2D eigenvalue weighted by Crippen LogP contribution is 2.16. The Balaban J connectivity index is 2.00. The number of furan rings is 1. The molecule has 2 aromatic rings. The van der Waals surface area contributed by atoms with Crippen LogP contribution in [0.4, 0.5) is 11.6 Å². The maximum atomic E-state index is 10.4. The molecule has 1 N–H and O–H groups in total. The third kappa shape index (κ3) is 3.08. The Morgan fingerprint density at radius 2 is 2.22 bits per heavy atom. The largest absolute Gasteiger partial charge is 0.433 e. The smallest absolute Gasteiger partial charge is 0.400 e. The van der Waals surface area contributed by atoms with E-state index in [-0.39, 0.29) is 11.6 Å². The van der Waals surface area contributed by atoms with Crippen LogP contribution >= 0.6 is 11.6 Å². The van der Waals surface area contributed by atoms with E-state index in [0.29, 0.717) is 10.7 Å². The Labute approximate surface area is 107 Å². The number of nitrogens with one attached hydrogen (secondary N) is 1. The van der Waals surface area contributed by atoms with E-state index in [0.717, 1.165) is 0 Å². The first-order valence-electron chi connectivity index (χ1n) is 4.94. The van der Waals surface area contributed by atoms with Gasteiger partial charge < -0.3 is 4.42 Å². The summed E-state index contributed by atoms with van der Waals surface area (Å²) in [4.78, 5) is 9.77. The fraction of sp³-hybridized carbons (Fsp3) is 0. The normalized spacial score (nSPS) is 10.7. The van der Waals surface area contributed by atoms with Gasteiger partial charge in [0.25, 0.3) is 0 Å². The monoisotopic (exact) mass is 265 g/mol. The molecule has 6 nitrogen and oxygen atoms in total. The predicted octanol–water partition coefficient (Wildman–Crippen LogP) is 3.29. The summed E-state index contributed by atoms with van der Waals surface area (Å²) in [5.74, 6) is -0.0320. The lowest BCUT2D eigenvalue weighted by Crippen LogP contribution is -1.89. The van der Waals surface area contributed by atoms with Crippen molar-refractivity contribution in [2.45, 2.75) is 0 Å². The molecule has 0 unspecified atom stereocenters. The van der Waals surface area contributed by atoms with Gasteiger partial charge in [0.2, 0.25) is 0 Å². The first-order valence-corrected chi connectivity index (χ1v) is 5.32. The molecule has 0 saturated heterocycles. The molecule has 0 spiro atoms. The van der Waals surface area contributed by atoms with Crippen LogP contribution in [0.25, 0.3) is 0 Å². The van der Waals surface area contributed by atoms with Crippen molar-refractivity contribution in [1.29, 1.82) is 0 Å². The van der Waals surface area contributed by atoms with Gasteiger partial charge in [0, 0.05) is 5.02 Å². The van der Waals surface area contributed by atoms with Crippen molar-refractivity contribution in [1.82, 2.24) is 0 Å². The number of anilines is 1. The van der Waals surface area contributed by atoms with E-state index in [4.69, 9.17) is 16.0 Å². The third-order valence-electron chi connectivity index (χ3n) is 2.00. The molecule has 0 aliphatic carbocycles. The first kappa shape index (κ1) is 12.1. The minimum Gasteiger partial charge on any atom is -0.400 e. The Morgan fingerprint density at radius 3 is 2.89 bits per heavy atom. The molecule has 0 fully saturated rings. The summed E-state index contributed by atoms with van der Waals surface area (Å²) < 4.78 is 4.89. The Kier molecular flexibility index (Phi) is 3.59. The van der Waals surface area contributed by atoms with E-state index in [1.54, 1.807) is 24.3 Å². The molecule has 0 amide bonds. The van der Waals surface area contributed by atoms with Crippen LogP contribution in [0.15, 0.2) is 45.9 Å². The quantitative estimate of drug-likeness (QED) is 0.522. The average molecular weight is 266 g/mol. The fourth-order valence-corrected chi connectivity index (χ4v) is 1.43. The van der Waals surface area contributed by atoms with Crippen LogP contribution in [0.2, 0.25) is 5.02 Å². The highest BCUT2D eigenvalue weighted by molar-refractivity contribution is 6.30. The van der Waals surface area contributed by atoms with Crippen molar-refractivity contribution in [3.8, 4) is 0 Å². The highest BCUT2D eigenvalue weighted by atomic mass is 35.5. The standard InChI is InChI=1S/C11H8ClN3O3/c12-8-2-1-3-9(6-8)14-13-7-10-4-5-11(18-10)15(16)17/h1-7,14H/b13-7+. The molecule has 1 aromatic heterocycles. The molecule has 1 heterocycles. The highest BCUT2D eigenvalue weighted by Gasteiger charge is 2.09. The second kappa shape index (κ2) is 5.33. The SMILES string of the molecule is O=[N+]([O-])c1ccc(/C=N/Nc2cccc(Cl)c2)o1. The zero-order valence-corrected chi connectivity index (χ0v) is 9.79. The van der Waals surface area contributed by atoms with Gasteiger partial charge in [-0.3, -0.25) is 15.5 Å². The maximum absolute atomic E-state index is 10.4. The van der Waals surface area contributed by atoms with Crippen molar-refractivity contribution < 1.29 is 9.34 Å². The molecule has 0 aliphatic rings. The van der Waals surface area contributed by atoms with Gasteiger partial charge in [0.1, 0.15) is 4.92 Å². The van der Waals surface area contributed by atoms with Crippen LogP contribution < -0.4 is 5.43 Å². The number of hydrogen-bond donors (Lipinski definition) is 1. The number of benzene rings is 1. The molecule has 92 valence electrons. The van der Waals surface area contributed by atoms with Gasteiger partial charge in [-0.25, -0.2) is 0 Å². The average Bonchev–Trinajstić information content (AvgIpc) is 2.78. The van der Waals surface area contributed by atoms with E-state index in [1.165, 1.54) is 18.3 Å². The molecule has 7 heteroatoms. The van der Waals surface area contributed by atoms with Crippen molar-refractivity contribution in [2.75, 3.05) is 5.43 Å². The molecule has 0 aliphatic heterocycles. The fourth-order valence-electron chi connectivity index (χ4n) is 1.24. The molecule has 0 bridgehead atoms. The van der Waals surface area contributed by atoms with Gasteiger partial charge in [-0.2, -0.15) is 5.10 Å². The number of hydrazone groups is 1. The minimum absolute atomic E-state index is 0.288. The van der Waals surface area contributed by atoms with Crippen molar-refractivity contribution in [3.63, 3.8) is 0 Å². The molecule has 0 saturated carbocycles. The summed E-state index contributed by atoms with van der Waals surface area (Å²) in [5, 5.41) is 14.8. The van der Waals surface area contributed by atoms with Crippen molar-refractivity contribution >= 4 is 29.4 Å². The lowest BCUT2D eigenvalue weighted by molar-refractivity contribution is -0.402. The number of nitro groups is 1. The van der Waals surface area contributed by atoms with Gasteiger partial charge in [-0.05, 0) is 24.3 Å². The molecular weight excluding hydrogens is 258 g/mol. The number of halogens is 1. The molecule has 2 rings (SSSR count).